The molecule has 1 fully saturated rings. The molecule has 8 nitrogen and oxygen atoms in total. The maximum atomic E-state index is 11.7. The van der Waals surface area contributed by atoms with Crippen molar-refractivity contribution in [2.24, 2.45) is 0 Å². The Morgan fingerprint density at radius 1 is 1.56 bits per heavy atom. The van der Waals surface area contributed by atoms with Crippen LogP contribution < -0.4 is 0 Å². The van der Waals surface area contributed by atoms with Gasteiger partial charge in [0.1, 0.15) is 6.20 Å². The first kappa shape index (κ1) is 12.5. The predicted molar refractivity (Wildman–Crippen MR) is 60.4 cm³/mol. The second kappa shape index (κ2) is 5.58. The number of hydrogen-bond donors (Lipinski definition) is 0. The van der Waals surface area contributed by atoms with Crippen molar-refractivity contribution in [3.8, 4) is 0 Å². The normalized spacial score (nSPS) is 15.7. The topological polar surface area (TPSA) is 90.5 Å². The zero-order valence-electron chi connectivity index (χ0n) is 9.82. The largest absolute Gasteiger partial charge is 0.381 e. The summed E-state index contributed by atoms with van der Waals surface area (Å²) >= 11 is 0. The van der Waals surface area contributed by atoms with E-state index in [4.69, 9.17) is 4.84 Å². The lowest BCUT2D eigenvalue weighted by Crippen LogP contribution is -2.36. The predicted octanol–water partition coefficient (Wildman–Crippen LogP) is 0.735. The third-order valence-electron chi connectivity index (χ3n) is 2.67. The number of rotatable bonds is 4. The highest BCUT2D eigenvalue weighted by Gasteiger charge is 2.18. The van der Waals surface area contributed by atoms with Crippen LogP contribution in [0.3, 0.4) is 0 Å². The summed E-state index contributed by atoms with van der Waals surface area (Å²) in [7, 11) is 0. The Hall–Kier alpha value is -1.96. The van der Waals surface area contributed by atoms with Crippen LogP contribution in [0, 0.1) is 10.1 Å². The summed E-state index contributed by atoms with van der Waals surface area (Å²) in [5, 5.41) is 11.8. The van der Waals surface area contributed by atoms with Crippen molar-refractivity contribution < 1.29 is 14.6 Å². The van der Waals surface area contributed by atoms with Crippen molar-refractivity contribution in [3.63, 3.8) is 0 Å². The fourth-order valence-corrected chi connectivity index (χ4v) is 1.71. The molecule has 0 N–H and O–H groups in total. The molecule has 0 aliphatic carbocycles. The zero-order chi connectivity index (χ0) is 13.0. The molecule has 1 aromatic heterocycles. The number of aromatic nitrogens is 2. The summed E-state index contributed by atoms with van der Waals surface area (Å²) in [6, 6.07) is 0. The van der Waals surface area contributed by atoms with Gasteiger partial charge in [-0.1, -0.05) is 0 Å². The van der Waals surface area contributed by atoms with E-state index >= 15 is 0 Å². The molecule has 1 aromatic rings. The van der Waals surface area contributed by atoms with Gasteiger partial charge in [0.15, 0.2) is 0 Å². The van der Waals surface area contributed by atoms with Gasteiger partial charge in [0, 0.05) is 19.5 Å². The first-order chi connectivity index (χ1) is 8.66. The van der Waals surface area contributed by atoms with E-state index in [1.54, 1.807) is 0 Å². The van der Waals surface area contributed by atoms with Crippen LogP contribution in [0.2, 0.25) is 0 Å². The number of aryl methyl sites for hydroxylation is 1. The average molecular weight is 254 g/mol. The van der Waals surface area contributed by atoms with Crippen LogP contribution in [0.1, 0.15) is 19.3 Å². The van der Waals surface area contributed by atoms with Crippen molar-refractivity contribution >= 4 is 11.7 Å². The van der Waals surface area contributed by atoms with Crippen molar-refractivity contribution in [1.29, 1.82) is 0 Å². The molecule has 0 atom stereocenters. The molecule has 2 rings (SSSR count). The van der Waals surface area contributed by atoms with E-state index in [1.165, 1.54) is 22.2 Å². The SMILES string of the molecule is O=C(CCn1cnc([N+](=O)[O-])c1)N1CCCCO1. The highest BCUT2D eigenvalue weighted by atomic mass is 16.7. The molecule has 1 aliphatic rings. The third-order valence-corrected chi connectivity index (χ3v) is 2.67. The van der Waals surface area contributed by atoms with Gasteiger partial charge in [-0.15, -0.1) is 0 Å². The van der Waals surface area contributed by atoms with Crippen molar-refractivity contribution in [1.82, 2.24) is 14.6 Å². The van der Waals surface area contributed by atoms with Gasteiger partial charge in [-0.05, 0) is 22.7 Å². The minimum atomic E-state index is -0.563. The Morgan fingerprint density at radius 3 is 3.00 bits per heavy atom. The van der Waals surface area contributed by atoms with Gasteiger partial charge < -0.3 is 14.7 Å². The number of carbonyl (C=O) groups is 1. The first-order valence-corrected chi connectivity index (χ1v) is 5.76. The highest BCUT2D eigenvalue weighted by molar-refractivity contribution is 5.75. The Labute approximate surface area is 103 Å². The number of nitrogens with zero attached hydrogens (tertiary/aromatic N) is 4. The van der Waals surface area contributed by atoms with Gasteiger partial charge in [-0.25, -0.2) is 5.06 Å². The summed E-state index contributed by atoms with van der Waals surface area (Å²) in [6.45, 7) is 1.55. The average Bonchev–Trinajstić information content (AvgIpc) is 2.86. The fourth-order valence-electron chi connectivity index (χ4n) is 1.71. The number of amides is 1. The van der Waals surface area contributed by atoms with E-state index < -0.39 is 4.92 Å². The van der Waals surface area contributed by atoms with Crippen molar-refractivity contribution in [2.75, 3.05) is 13.2 Å². The number of imidazole rings is 1. The molecular weight excluding hydrogens is 240 g/mol. The second-order valence-electron chi connectivity index (χ2n) is 4.01. The van der Waals surface area contributed by atoms with Crippen molar-refractivity contribution in [3.05, 3.63) is 22.6 Å². The molecular formula is C10H14N4O4. The molecule has 18 heavy (non-hydrogen) atoms. The maximum absolute atomic E-state index is 11.7. The Morgan fingerprint density at radius 2 is 2.39 bits per heavy atom. The van der Waals surface area contributed by atoms with E-state index in [0.717, 1.165) is 12.8 Å². The lowest BCUT2D eigenvalue weighted by atomic mass is 10.3. The maximum Gasteiger partial charge on any atom is 0.381 e. The number of hydrogen-bond acceptors (Lipinski definition) is 5. The number of nitro groups is 1. The van der Waals surface area contributed by atoms with Gasteiger partial charge in [-0.3, -0.25) is 9.63 Å². The quantitative estimate of drug-likeness (QED) is 0.583. The summed E-state index contributed by atoms with van der Waals surface area (Å²) < 4.78 is 1.53. The lowest BCUT2D eigenvalue weighted by molar-refractivity contribution is -0.389. The molecule has 1 saturated heterocycles. The van der Waals surface area contributed by atoms with E-state index in [2.05, 4.69) is 4.98 Å². The van der Waals surface area contributed by atoms with Crippen LogP contribution >= 0.6 is 0 Å². The van der Waals surface area contributed by atoms with E-state index in [-0.39, 0.29) is 18.1 Å². The molecule has 1 aliphatic heterocycles. The Balaban J connectivity index is 1.82. The van der Waals surface area contributed by atoms with E-state index in [9.17, 15) is 14.9 Å². The number of carbonyl (C=O) groups excluding carboxylic acids is 1. The van der Waals surface area contributed by atoms with Crippen LogP contribution in [-0.2, 0) is 16.2 Å². The van der Waals surface area contributed by atoms with Crippen LogP contribution in [0.15, 0.2) is 12.5 Å². The number of hydroxylamine groups is 2. The molecule has 0 saturated carbocycles. The molecule has 8 heteroatoms. The standard InChI is InChI=1S/C10H14N4O4/c15-10(13-4-1-2-6-18-13)3-5-12-7-9(11-8-12)14(16)17/h7-8H,1-6H2. The molecule has 1 amide bonds. The molecule has 0 aromatic carbocycles. The zero-order valence-corrected chi connectivity index (χ0v) is 9.82. The van der Waals surface area contributed by atoms with Crippen LogP contribution in [-0.4, -0.2) is 38.6 Å². The highest BCUT2D eigenvalue weighted by Crippen LogP contribution is 2.10. The van der Waals surface area contributed by atoms with Gasteiger partial charge in [0.2, 0.25) is 12.2 Å². The minimum absolute atomic E-state index is 0.106. The summed E-state index contributed by atoms with van der Waals surface area (Å²) in [6.07, 6.45) is 4.82. The summed E-state index contributed by atoms with van der Waals surface area (Å²) in [5.74, 6) is -0.317. The van der Waals surface area contributed by atoms with Crippen LogP contribution in [0.4, 0.5) is 5.82 Å². The van der Waals surface area contributed by atoms with Crippen molar-refractivity contribution in [2.45, 2.75) is 25.8 Å². The molecule has 0 unspecified atom stereocenters. The molecule has 0 bridgehead atoms. The third kappa shape index (κ3) is 3.04. The van der Waals surface area contributed by atoms with Gasteiger partial charge in [-0.2, -0.15) is 0 Å². The van der Waals surface area contributed by atoms with Gasteiger partial charge in [0.25, 0.3) is 0 Å². The van der Waals surface area contributed by atoms with Crippen LogP contribution in [0.25, 0.3) is 0 Å². The Bertz CT molecular complexity index is 439. The molecule has 0 radical (unpaired) electrons. The molecule has 0 spiro atoms. The summed E-state index contributed by atoms with van der Waals surface area (Å²) in [5.41, 5.74) is 0. The van der Waals surface area contributed by atoms with Gasteiger partial charge >= 0.3 is 5.82 Å². The van der Waals surface area contributed by atoms with E-state index in [1.807, 2.05) is 0 Å². The Kier molecular flexibility index (Phi) is 3.88. The second-order valence-corrected chi connectivity index (χ2v) is 4.01. The lowest BCUT2D eigenvalue weighted by Gasteiger charge is -2.25. The molecule has 98 valence electrons. The smallest absolute Gasteiger partial charge is 0.358 e. The first-order valence-electron chi connectivity index (χ1n) is 5.76. The fraction of sp³-hybridized carbons (Fsp3) is 0.600. The summed E-state index contributed by atoms with van der Waals surface area (Å²) in [4.78, 5) is 30.5. The monoisotopic (exact) mass is 254 g/mol. The minimum Gasteiger partial charge on any atom is -0.358 e. The van der Waals surface area contributed by atoms with E-state index in [0.29, 0.717) is 19.7 Å². The van der Waals surface area contributed by atoms with Gasteiger partial charge in [0.05, 0.1) is 6.61 Å². The molecule has 2 heterocycles. The van der Waals surface area contributed by atoms with Crippen LogP contribution in [0.5, 0.6) is 0 Å².